The maximum atomic E-state index is 10.7. The monoisotopic (exact) mass is 358 g/mol. The van der Waals surface area contributed by atoms with E-state index in [2.05, 4.69) is 34.7 Å². The summed E-state index contributed by atoms with van der Waals surface area (Å²) in [5.41, 5.74) is 0. The minimum Gasteiger partial charge on any atom is -0.465 e. The molecule has 0 aromatic heterocycles. The molecule has 0 radical (unpaired) electrons. The Morgan fingerprint density at radius 2 is 1.57 bits per heavy atom. The van der Waals surface area contributed by atoms with Gasteiger partial charge in [0, 0.05) is 24.6 Å². The van der Waals surface area contributed by atoms with Crippen molar-refractivity contribution in [2.75, 3.05) is 6.61 Å². The standard InChI is InChI=1S/C18H31BrO2/c1-3-4-5-6-7-8-9-10-11-12-13-14-15-18(19)16-21-17(2)20/h18H,3-9,12-16H2,1-2H3/t18-/m0/s1. The van der Waals surface area contributed by atoms with Crippen LogP contribution in [0.5, 0.6) is 0 Å². The molecule has 0 aromatic rings. The van der Waals surface area contributed by atoms with Crippen LogP contribution in [-0.4, -0.2) is 17.4 Å². The minimum atomic E-state index is -0.208. The number of carbonyl (C=O) groups excluding carboxylic acids is 1. The van der Waals surface area contributed by atoms with E-state index in [1.54, 1.807) is 0 Å². The smallest absolute Gasteiger partial charge is 0.302 e. The Kier molecular flexibility index (Phi) is 15.5. The van der Waals surface area contributed by atoms with Gasteiger partial charge in [-0.2, -0.15) is 0 Å². The van der Waals surface area contributed by atoms with Gasteiger partial charge in [-0.1, -0.05) is 61.4 Å². The Morgan fingerprint density at radius 3 is 2.19 bits per heavy atom. The van der Waals surface area contributed by atoms with Crippen LogP contribution in [0.15, 0.2) is 0 Å². The molecule has 2 nitrogen and oxygen atoms in total. The van der Waals surface area contributed by atoms with Crippen molar-refractivity contribution < 1.29 is 9.53 Å². The van der Waals surface area contributed by atoms with Crippen molar-refractivity contribution in [3.05, 3.63) is 0 Å². The SMILES string of the molecule is CCCCCCCCC#CCCCC[C@H](Br)COC(C)=O. The molecule has 0 N–H and O–H groups in total. The lowest BCUT2D eigenvalue weighted by atomic mass is 10.1. The zero-order valence-electron chi connectivity index (χ0n) is 13.8. The number of halogens is 1. The van der Waals surface area contributed by atoms with E-state index in [9.17, 15) is 4.79 Å². The molecule has 3 heteroatoms. The fourth-order valence-corrected chi connectivity index (χ4v) is 2.50. The number of carbonyl (C=O) groups is 1. The predicted molar refractivity (Wildman–Crippen MR) is 93.6 cm³/mol. The molecular formula is C18H31BrO2. The van der Waals surface area contributed by atoms with Crippen LogP contribution < -0.4 is 0 Å². The van der Waals surface area contributed by atoms with Gasteiger partial charge in [0.1, 0.15) is 6.61 Å². The molecule has 0 bridgehead atoms. The Morgan fingerprint density at radius 1 is 1.00 bits per heavy atom. The van der Waals surface area contributed by atoms with Crippen molar-refractivity contribution in [3.8, 4) is 11.8 Å². The summed E-state index contributed by atoms with van der Waals surface area (Å²) in [6.07, 6.45) is 13.4. The third kappa shape index (κ3) is 17.5. The number of hydrogen-bond donors (Lipinski definition) is 0. The van der Waals surface area contributed by atoms with Crippen molar-refractivity contribution >= 4 is 21.9 Å². The second kappa shape index (κ2) is 15.9. The van der Waals surface area contributed by atoms with Crippen molar-refractivity contribution in [3.63, 3.8) is 0 Å². The van der Waals surface area contributed by atoms with Crippen LogP contribution in [0.1, 0.15) is 84.5 Å². The Labute approximate surface area is 139 Å². The fourth-order valence-electron chi connectivity index (χ4n) is 2.04. The number of rotatable bonds is 12. The number of ether oxygens (including phenoxy) is 1. The first-order valence-electron chi connectivity index (χ1n) is 8.40. The molecule has 0 aliphatic rings. The van der Waals surface area contributed by atoms with Gasteiger partial charge in [0.05, 0.1) is 0 Å². The van der Waals surface area contributed by atoms with Gasteiger partial charge in [0.25, 0.3) is 0 Å². The molecule has 0 saturated heterocycles. The van der Waals surface area contributed by atoms with E-state index in [1.807, 2.05) is 0 Å². The summed E-state index contributed by atoms with van der Waals surface area (Å²) in [7, 11) is 0. The summed E-state index contributed by atoms with van der Waals surface area (Å²) in [4.78, 5) is 10.9. The third-order valence-corrected chi connectivity index (χ3v) is 4.04. The van der Waals surface area contributed by atoms with E-state index in [4.69, 9.17) is 4.74 Å². The summed E-state index contributed by atoms with van der Waals surface area (Å²) in [6, 6.07) is 0. The molecule has 0 aliphatic carbocycles. The van der Waals surface area contributed by atoms with E-state index in [-0.39, 0.29) is 10.8 Å². The highest BCUT2D eigenvalue weighted by Crippen LogP contribution is 2.11. The number of alkyl halides is 1. The molecule has 122 valence electrons. The lowest BCUT2D eigenvalue weighted by Gasteiger charge is -2.08. The van der Waals surface area contributed by atoms with E-state index < -0.39 is 0 Å². The normalized spacial score (nSPS) is 11.6. The summed E-state index contributed by atoms with van der Waals surface area (Å²) in [6.45, 7) is 4.16. The number of esters is 1. The summed E-state index contributed by atoms with van der Waals surface area (Å²) in [5.74, 6) is 6.33. The molecule has 0 unspecified atom stereocenters. The van der Waals surface area contributed by atoms with Gasteiger partial charge in [-0.15, -0.1) is 11.8 Å². The largest absolute Gasteiger partial charge is 0.465 e. The van der Waals surface area contributed by atoms with Crippen molar-refractivity contribution in [1.82, 2.24) is 0 Å². The number of unbranched alkanes of at least 4 members (excludes halogenated alkanes) is 8. The van der Waals surface area contributed by atoms with Crippen LogP contribution in [0.4, 0.5) is 0 Å². The average Bonchev–Trinajstić information content (AvgIpc) is 2.46. The molecular weight excluding hydrogens is 328 g/mol. The molecule has 0 fully saturated rings. The van der Waals surface area contributed by atoms with Crippen LogP contribution in [0.25, 0.3) is 0 Å². The molecule has 0 heterocycles. The molecule has 0 amide bonds. The van der Waals surface area contributed by atoms with Gasteiger partial charge in [-0.25, -0.2) is 0 Å². The van der Waals surface area contributed by atoms with Crippen molar-refractivity contribution in [2.24, 2.45) is 0 Å². The molecule has 21 heavy (non-hydrogen) atoms. The highest BCUT2D eigenvalue weighted by atomic mass is 79.9. The molecule has 0 aliphatic heterocycles. The summed E-state index contributed by atoms with van der Waals surface area (Å²) < 4.78 is 4.95. The minimum absolute atomic E-state index is 0.208. The first-order chi connectivity index (χ1) is 10.2. The Hall–Kier alpha value is -0.490. The zero-order chi connectivity index (χ0) is 15.8. The molecule has 0 aromatic carbocycles. The van der Waals surface area contributed by atoms with Gasteiger partial charge >= 0.3 is 5.97 Å². The second-order valence-electron chi connectivity index (χ2n) is 5.52. The van der Waals surface area contributed by atoms with Gasteiger partial charge in [0.15, 0.2) is 0 Å². The highest BCUT2D eigenvalue weighted by molar-refractivity contribution is 9.09. The lowest BCUT2D eigenvalue weighted by Crippen LogP contribution is -2.11. The van der Waals surface area contributed by atoms with Crippen molar-refractivity contribution in [2.45, 2.75) is 89.3 Å². The summed E-state index contributed by atoms with van der Waals surface area (Å²) in [5, 5.41) is 0. The first-order valence-corrected chi connectivity index (χ1v) is 9.31. The highest BCUT2D eigenvalue weighted by Gasteiger charge is 2.05. The van der Waals surface area contributed by atoms with E-state index in [0.29, 0.717) is 6.61 Å². The Bertz CT molecular complexity index is 304. The maximum absolute atomic E-state index is 10.7. The molecule has 0 saturated carbocycles. The van der Waals surface area contributed by atoms with E-state index >= 15 is 0 Å². The van der Waals surface area contributed by atoms with Gasteiger partial charge in [0.2, 0.25) is 0 Å². The third-order valence-electron chi connectivity index (χ3n) is 3.32. The zero-order valence-corrected chi connectivity index (χ0v) is 15.3. The van der Waals surface area contributed by atoms with Crippen LogP contribution in [0.3, 0.4) is 0 Å². The van der Waals surface area contributed by atoms with Crippen LogP contribution in [-0.2, 0) is 9.53 Å². The van der Waals surface area contributed by atoms with Gasteiger partial charge in [-0.3, -0.25) is 4.79 Å². The van der Waals surface area contributed by atoms with E-state index in [0.717, 1.165) is 32.1 Å². The van der Waals surface area contributed by atoms with Crippen LogP contribution in [0, 0.1) is 11.8 Å². The van der Waals surface area contributed by atoms with Gasteiger partial charge < -0.3 is 4.74 Å². The van der Waals surface area contributed by atoms with Crippen LogP contribution in [0.2, 0.25) is 0 Å². The van der Waals surface area contributed by atoms with Crippen molar-refractivity contribution in [1.29, 1.82) is 0 Å². The average molecular weight is 359 g/mol. The predicted octanol–water partition coefficient (Wildman–Crippen LogP) is 5.63. The number of hydrogen-bond acceptors (Lipinski definition) is 2. The Balaban J connectivity index is 3.27. The fraction of sp³-hybridized carbons (Fsp3) is 0.833. The maximum Gasteiger partial charge on any atom is 0.302 e. The molecule has 0 rings (SSSR count). The topological polar surface area (TPSA) is 26.3 Å². The first kappa shape index (κ1) is 20.5. The van der Waals surface area contributed by atoms with Crippen LogP contribution >= 0.6 is 15.9 Å². The summed E-state index contributed by atoms with van der Waals surface area (Å²) >= 11 is 3.52. The molecule has 0 spiro atoms. The lowest BCUT2D eigenvalue weighted by molar-refractivity contribution is -0.140. The second-order valence-corrected chi connectivity index (χ2v) is 6.81. The van der Waals surface area contributed by atoms with E-state index in [1.165, 1.54) is 45.4 Å². The quantitative estimate of drug-likeness (QED) is 0.195. The van der Waals surface area contributed by atoms with Gasteiger partial charge in [-0.05, 0) is 19.3 Å². The molecule has 1 atom stereocenters.